The second-order valence-corrected chi connectivity index (χ2v) is 11.9. The van der Waals surface area contributed by atoms with Crippen LogP contribution in [0.4, 0.5) is 5.69 Å². The number of hydrogen-bond acceptors (Lipinski definition) is 7. The van der Waals surface area contributed by atoms with Gasteiger partial charge in [0.1, 0.15) is 5.75 Å². The van der Waals surface area contributed by atoms with Crippen molar-refractivity contribution in [3.63, 3.8) is 0 Å². The molecule has 1 fully saturated rings. The van der Waals surface area contributed by atoms with Crippen molar-refractivity contribution in [1.82, 2.24) is 10.0 Å². The fraction of sp³-hybridized carbons (Fsp3) is 0.0690. The maximum Gasteiger partial charge on any atom is 0.264 e. The molecule has 1 saturated heterocycles. The van der Waals surface area contributed by atoms with Crippen molar-refractivity contribution < 1.29 is 22.7 Å². The maximum atomic E-state index is 12.5. The van der Waals surface area contributed by atoms with Crippen molar-refractivity contribution >= 4 is 72.9 Å². The van der Waals surface area contributed by atoms with Gasteiger partial charge in [0, 0.05) is 5.02 Å². The third kappa shape index (κ3) is 6.53. The van der Waals surface area contributed by atoms with E-state index in [2.05, 4.69) is 15.0 Å². The van der Waals surface area contributed by atoms with Gasteiger partial charge < -0.3 is 10.1 Å². The number of ether oxygens (including phenoxy) is 1. The van der Waals surface area contributed by atoms with Crippen molar-refractivity contribution in [3.8, 4) is 5.75 Å². The first-order chi connectivity index (χ1) is 19.2. The van der Waals surface area contributed by atoms with Crippen LogP contribution in [0.2, 0.25) is 5.02 Å². The number of amides is 2. The molecule has 0 spiro atoms. The number of halogens is 1. The van der Waals surface area contributed by atoms with Crippen LogP contribution in [-0.4, -0.2) is 32.5 Å². The van der Waals surface area contributed by atoms with Gasteiger partial charge in [-0.15, -0.1) is 0 Å². The van der Waals surface area contributed by atoms with Crippen LogP contribution in [0.15, 0.2) is 99.7 Å². The molecule has 4 aromatic rings. The standard InChI is InChI=1S/C29H22ClN3O5S2/c1-38-24-11-6-20-14-19(2-5-21(20)17-24)15-26-28(35)32-29(39-26)31-23-9-3-18(4-10-23)16-27(34)33-40(36,37)25-12-7-22(30)8-13-25/h2-15,17H,16H2,1H3,(H,33,34)(H,31,32,35). The summed E-state index contributed by atoms with van der Waals surface area (Å²) in [5.74, 6) is -0.132. The Balaban J connectivity index is 1.22. The number of nitrogens with zero attached hydrogens (tertiary/aromatic N) is 1. The Kier molecular flexibility index (Phi) is 7.92. The molecule has 1 aliphatic rings. The molecular weight excluding hydrogens is 570 g/mol. The molecule has 0 bridgehead atoms. The van der Waals surface area contributed by atoms with Gasteiger partial charge in [0.2, 0.25) is 5.91 Å². The Morgan fingerprint density at radius 3 is 2.42 bits per heavy atom. The highest BCUT2D eigenvalue weighted by molar-refractivity contribution is 8.18. The lowest BCUT2D eigenvalue weighted by Gasteiger charge is -2.07. The number of carbonyl (C=O) groups excluding carboxylic acids is 2. The van der Waals surface area contributed by atoms with Crippen LogP contribution in [0.25, 0.3) is 16.8 Å². The summed E-state index contributed by atoms with van der Waals surface area (Å²) in [4.78, 5) is 29.8. The number of hydrogen-bond donors (Lipinski definition) is 2. The third-order valence-electron chi connectivity index (χ3n) is 5.92. The summed E-state index contributed by atoms with van der Waals surface area (Å²) < 4.78 is 32.1. The molecule has 1 heterocycles. The number of methoxy groups -OCH3 is 1. The Morgan fingerprint density at radius 2 is 1.70 bits per heavy atom. The van der Waals surface area contributed by atoms with Gasteiger partial charge in [-0.05, 0) is 94.3 Å². The minimum atomic E-state index is -4.00. The molecule has 0 aliphatic carbocycles. The zero-order chi connectivity index (χ0) is 28.3. The summed E-state index contributed by atoms with van der Waals surface area (Å²) in [5, 5.41) is 5.66. The summed E-state index contributed by atoms with van der Waals surface area (Å²) in [6, 6.07) is 24.0. The number of benzene rings is 4. The Labute approximate surface area is 240 Å². The van der Waals surface area contributed by atoms with Crippen molar-refractivity contribution in [1.29, 1.82) is 0 Å². The lowest BCUT2D eigenvalue weighted by Crippen LogP contribution is -2.31. The van der Waals surface area contributed by atoms with Gasteiger partial charge >= 0.3 is 0 Å². The smallest absolute Gasteiger partial charge is 0.264 e. The molecule has 202 valence electrons. The van der Waals surface area contributed by atoms with Crippen LogP contribution in [0.3, 0.4) is 0 Å². The van der Waals surface area contributed by atoms with Crippen molar-refractivity contribution in [2.45, 2.75) is 11.3 Å². The molecule has 0 atom stereocenters. The third-order valence-corrected chi connectivity index (χ3v) is 8.47. The second-order valence-electron chi connectivity index (χ2n) is 8.78. The number of thioether (sulfide) groups is 1. The average Bonchev–Trinajstić information content (AvgIpc) is 3.27. The highest BCUT2D eigenvalue weighted by Crippen LogP contribution is 2.29. The molecule has 0 aromatic heterocycles. The summed E-state index contributed by atoms with van der Waals surface area (Å²) in [6.45, 7) is 0. The van der Waals surface area contributed by atoms with E-state index >= 15 is 0 Å². The summed E-state index contributed by atoms with van der Waals surface area (Å²) in [5.41, 5.74) is 2.06. The van der Waals surface area contributed by atoms with E-state index in [1.807, 2.05) is 42.5 Å². The number of fused-ring (bicyclic) bond motifs is 1. The SMILES string of the molecule is COc1ccc2cc(C=C3SC(=Nc4ccc(CC(=O)NS(=O)(=O)c5ccc(Cl)cc5)cc4)NC3=O)ccc2c1. The Morgan fingerprint density at radius 1 is 1.00 bits per heavy atom. The predicted octanol–water partition coefficient (Wildman–Crippen LogP) is 5.44. The van der Waals surface area contributed by atoms with Gasteiger partial charge in [0.05, 0.1) is 29.0 Å². The molecule has 0 radical (unpaired) electrons. The van der Waals surface area contributed by atoms with Crippen molar-refractivity contribution in [2.24, 2.45) is 4.99 Å². The van der Waals surface area contributed by atoms with Gasteiger partial charge in [0.15, 0.2) is 5.17 Å². The first-order valence-corrected chi connectivity index (χ1v) is 14.6. The van der Waals surface area contributed by atoms with E-state index in [-0.39, 0.29) is 17.2 Å². The lowest BCUT2D eigenvalue weighted by atomic mass is 10.1. The van der Waals surface area contributed by atoms with Crippen LogP contribution in [0.5, 0.6) is 5.75 Å². The summed E-state index contributed by atoms with van der Waals surface area (Å²) >= 11 is 7.03. The minimum absolute atomic E-state index is 0.0535. The first-order valence-electron chi connectivity index (χ1n) is 12.0. The summed E-state index contributed by atoms with van der Waals surface area (Å²) in [7, 11) is -2.37. The van der Waals surface area contributed by atoms with Gasteiger partial charge in [-0.3, -0.25) is 9.59 Å². The molecule has 0 unspecified atom stereocenters. The monoisotopic (exact) mass is 591 g/mol. The number of carbonyl (C=O) groups is 2. The highest BCUT2D eigenvalue weighted by Gasteiger charge is 2.24. The van der Waals surface area contributed by atoms with Crippen LogP contribution in [-0.2, 0) is 26.0 Å². The van der Waals surface area contributed by atoms with E-state index in [4.69, 9.17) is 16.3 Å². The Hall–Kier alpha value is -4.12. The number of aliphatic imine (C=N–C) groups is 1. The van der Waals surface area contributed by atoms with Crippen molar-refractivity contribution in [3.05, 3.63) is 106 Å². The largest absolute Gasteiger partial charge is 0.497 e. The molecule has 2 amide bonds. The molecule has 5 rings (SSSR count). The molecule has 8 nitrogen and oxygen atoms in total. The number of amidine groups is 1. The zero-order valence-corrected chi connectivity index (χ0v) is 23.4. The predicted molar refractivity (Wildman–Crippen MR) is 158 cm³/mol. The van der Waals surface area contributed by atoms with E-state index in [9.17, 15) is 18.0 Å². The van der Waals surface area contributed by atoms with E-state index in [0.29, 0.717) is 26.3 Å². The molecule has 1 aliphatic heterocycles. The normalized spacial score (nSPS) is 15.4. The first kappa shape index (κ1) is 27.4. The second kappa shape index (κ2) is 11.5. The van der Waals surface area contributed by atoms with Crippen LogP contribution >= 0.6 is 23.4 Å². The minimum Gasteiger partial charge on any atom is -0.497 e. The van der Waals surface area contributed by atoms with Gasteiger partial charge in [-0.25, -0.2) is 18.1 Å². The summed E-state index contributed by atoms with van der Waals surface area (Å²) in [6.07, 6.45) is 1.67. The van der Waals surface area contributed by atoms with Crippen molar-refractivity contribution in [2.75, 3.05) is 7.11 Å². The fourth-order valence-electron chi connectivity index (χ4n) is 3.94. The quantitative estimate of drug-likeness (QED) is 0.277. The highest BCUT2D eigenvalue weighted by atomic mass is 35.5. The maximum absolute atomic E-state index is 12.5. The fourth-order valence-corrected chi connectivity index (χ4v) is 5.89. The molecule has 2 N–H and O–H groups in total. The zero-order valence-electron chi connectivity index (χ0n) is 21.1. The molecular formula is C29H22ClN3O5S2. The van der Waals surface area contributed by atoms with Crippen LogP contribution in [0, 0.1) is 0 Å². The molecule has 40 heavy (non-hydrogen) atoms. The molecule has 11 heteroatoms. The van der Waals surface area contributed by atoms with Gasteiger partial charge in [-0.1, -0.05) is 41.9 Å². The molecule has 4 aromatic carbocycles. The van der Waals surface area contributed by atoms with E-state index in [1.165, 1.54) is 36.0 Å². The van der Waals surface area contributed by atoms with E-state index in [0.717, 1.165) is 22.1 Å². The van der Waals surface area contributed by atoms with Crippen LogP contribution in [0.1, 0.15) is 11.1 Å². The van der Waals surface area contributed by atoms with Gasteiger partial charge in [0.25, 0.3) is 15.9 Å². The number of sulfonamides is 1. The number of rotatable bonds is 7. The number of nitrogens with one attached hydrogen (secondary N) is 2. The lowest BCUT2D eigenvalue weighted by molar-refractivity contribution is -0.118. The average molecular weight is 592 g/mol. The topological polar surface area (TPSA) is 114 Å². The molecule has 0 saturated carbocycles. The van der Waals surface area contributed by atoms with Gasteiger partial charge in [-0.2, -0.15) is 0 Å². The van der Waals surface area contributed by atoms with E-state index in [1.54, 1.807) is 31.4 Å². The Bertz CT molecular complexity index is 1790. The van der Waals surface area contributed by atoms with Crippen LogP contribution < -0.4 is 14.8 Å². The van der Waals surface area contributed by atoms with E-state index < -0.39 is 15.9 Å².